The first-order valence-electron chi connectivity index (χ1n) is 5.71. The Labute approximate surface area is 111 Å². The Hall–Kier alpha value is -1.28. The molecule has 0 atom stereocenters. The largest absolute Gasteiger partial charge is 0.495 e. The van der Waals surface area contributed by atoms with Gasteiger partial charge in [0.1, 0.15) is 11.2 Å². The molecule has 1 saturated heterocycles. The zero-order valence-electron chi connectivity index (χ0n) is 10.2. The third kappa shape index (κ3) is 2.75. The molecule has 2 rings (SSSR count). The van der Waals surface area contributed by atoms with Gasteiger partial charge < -0.3 is 14.8 Å². The van der Waals surface area contributed by atoms with E-state index in [1.807, 2.05) is 18.2 Å². The van der Waals surface area contributed by atoms with Crippen LogP contribution in [0.3, 0.4) is 0 Å². The molecule has 18 heavy (non-hydrogen) atoms. The lowest BCUT2D eigenvalue weighted by Gasteiger charge is -2.35. The van der Waals surface area contributed by atoms with Crippen LogP contribution in [0.5, 0.6) is 5.75 Å². The molecule has 1 heterocycles. The van der Waals surface area contributed by atoms with Gasteiger partial charge in [0.05, 0.1) is 31.4 Å². The molecule has 0 unspecified atom stereocenters. The van der Waals surface area contributed by atoms with Crippen molar-refractivity contribution in [2.45, 2.75) is 6.54 Å². The van der Waals surface area contributed by atoms with Gasteiger partial charge >= 0.3 is 0 Å². The highest BCUT2D eigenvalue weighted by atomic mass is 35.5. The summed E-state index contributed by atoms with van der Waals surface area (Å²) in [6.45, 7) is 2.33. The lowest BCUT2D eigenvalue weighted by atomic mass is 9.88. The number of ether oxygens (including phenoxy) is 2. The summed E-state index contributed by atoms with van der Waals surface area (Å²) in [5.41, 5.74) is 0.713. The standard InChI is InChI=1S/C13H15ClN2O2/c1-17-12-3-2-10(4-11(12)14)5-16-7-13(6-15)8-18-9-13/h2-4,16H,5,7-9H2,1H3. The van der Waals surface area contributed by atoms with Crippen molar-refractivity contribution in [2.24, 2.45) is 5.41 Å². The molecule has 4 nitrogen and oxygen atoms in total. The van der Waals surface area contributed by atoms with Crippen molar-refractivity contribution < 1.29 is 9.47 Å². The summed E-state index contributed by atoms with van der Waals surface area (Å²) >= 11 is 6.04. The van der Waals surface area contributed by atoms with Gasteiger partial charge in [-0.05, 0) is 17.7 Å². The fourth-order valence-corrected chi connectivity index (χ4v) is 2.10. The molecular formula is C13H15ClN2O2. The molecule has 0 aliphatic carbocycles. The summed E-state index contributed by atoms with van der Waals surface area (Å²) in [5, 5.41) is 12.9. The number of nitriles is 1. The molecule has 0 spiro atoms. The lowest BCUT2D eigenvalue weighted by molar-refractivity contribution is -0.0755. The maximum atomic E-state index is 9.04. The van der Waals surface area contributed by atoms with E-state index < -0.39 is 0 Å². The number of nitrogens with one attached hydrogen (secondary N) is 1. The molecular weight excluding hydrogens is 252 g/mol. The zero-order valence-corrected chi connectivity index (χ0v) is 11.0. The number of hydrogen-bond acceptors (Lipinski definition) is 4. The SMILES string of the molecule is COc1ccc(CNCC2(C#N)COC2)cc1Cl. The molecule has 1 aliphatic rings. The van der Waals surface area contributed by atoms with Crippen molar-refractivity contribution in [2.75, 3.05) is 26.9 Å². The van der Waals surface area contributed by atoms with E-state index in [4.69, 9.17) is 26.3 Å². The number of benzene rings is 1. The zero-order chi connectivity index (χ0) is 13.0. The van der Waals surface area contributed by atoms with Crippen LogP contribution in [0, 0.1) is 16.7 Å². The van der Waals surface area contributed by atoms with Crippen LogP contribution in [-0.2, 0) is 11.3 Å². The van der Waals surface area contributed by atoms with E-state index in [1.165, 1.54) is 0 Å². The number of hydrogen-bond donors (Lipinski definition) is 1. The second kappa shape index (κ2) is 5.57. The second-order valence-electron chi connectivity index (χ2n) is 4.46. The average molecular weight is 267 g/mol. The van der Waals surface area contributed by atoms with Crippen LogP contribution in [0.4, 0.5) is 0 Å². The van der Waals surface area contributed by atoms with E-state index in [9.17, 15) is 0 Å². The van der Waals surface area contributed by atoms with Crippen LogP contribution < -0.4 is 10.1 Å². The Bertz CT molecular complexity index is 467. The summed E-state index contributed by atoms with van der Waals surface area (Å²) in [4.78, 5) is 0. The fraction of sp³-hybridized carbons (Fsp3) is 0.462. The summed E-state index contributed by atoms with van der Waals surface area (Å²) < 4.78 is 10.2. The number of nitrogens with zero attached hydrogens (tertiary/aromatic N) is 1. The smallest absolute Gasteiger partial charge is 0.137 e. The van der Waals surface area contributed by atoms with Crippen LogP contribution in [0.1, 0.15) is 5.56 Å². The van der Waals surface area contributed by atoms with Crippen LogP contribution >= 0.6 is 11.6 Å². The van der Waals surface area contributed by atoms with E-state index >= 15 is 0 Å². The van der Waals surface area contributed by atoms with Gasteiger partial charge in [-0.1, -0.05) is 17.7 Å². The van der Waals surface area contributed by atoms with Crippen LogP contribution in [0.15, 0.2) is 18.2 Å². The molecule has 0 saturated carbocycles. The van der Waals surface area contributed by atoms with E-state index in [1.54, 1.807) is 7.11 Å². The third-order valence-electron chi connectivity index (χ3n) is 3.00. The first kappa shape index (κ1) is 13.2. The van der Waals surface area contributed by atoms with Crippen molar-refractivity contribution >= 4 is 11.6 Å². The van der Waals surface area contributed by atoms with Gasteiger partial charge in [-0.3, -0.25) is 0 Å². The van der Waals surface area contributed by atoms with Gasteiger partial charge in [-0.2, -0.15) is 5.26 Å². The van der Waals surface area contributed by atoms with E-state index in [0.717, 1.165) is 5.56 Å². The van der Waals surface area contributed by atoms with Gasteiger partial charge in [0.2, 0.25) is 0 Å². The quantitative estimate of drug-likeness (QED) is 0.885. The van der Waals surface area contributed by atoms with Gasteiger partial charge in [0, 0.05) is 13.1 Å². The van der Waals surface area contributed by atoms with Crippen molar-refractivity contribution in [3.05, 3.63) is 28.8 Å². The molecule has 5 heteroatoms. The van der Waals surface area contributed by atoms with E-state index in [2.05, 4.69) is 11.4 Å². The summed E-state index contributed by atoms with van der Waals surface area (Å²) in [6.07, 6.45) is 0. The van der Waals surface area contributed by atoms with E-state index in [-0.39, 0.29) is 5.41 Å². The molecule has 0 amide bonds. The Morgan fingerprint density at radius 1 is 1.56 bits per heavy atom. The highest BCUT2D eigenvalue weighted by Gasteiger charge is 2.38. The van der Waals surface area contributed by atoms with Gasteiger partial charge in [0.15, 0.2) is 0 Å². The summed E-state index contributed by atoms with van der Waals surface area (Å²) in [6, 6.07) is 7.95. The minimum Gasteiger partial charge on any atom is -0.495 e. The molecule has 0 radical (unpaired) electrons. The second-order valence-corrected chi connectivity index (χ2v) is 4.86. The summed E-state index contributed by atoms with van der Waals surface area (Å²) in [7, 11) is 1.59. The Morgan fingerprint density at radius 2 is 2.33 bits per heavy atom. The Morgan fingerprint density at radius 3 is 2.83 bits per heavy atom. The molecule has 1 aromatic rings. The fourth-order valence-electron chi connectivity index (χ4n) is 1.82. The molecule has 1 aliphatic heterocycles. The maximum Gasteiger partial charge on any atom is 0.137 e. The predicted molar refractivity (Wildman–Crippen MR) is 68.6 cm³/mol. The van der Waals surface area contributed by atoms with Crippen LogP contribution in [0.2, 0.25) is 5.02 Å². The van der Waals surface area contributed by atoms with Crippen molar-refractivity contribution in [1.82, 2.24) is 5.32 Å². The van der Waals surface area contributed by atoms with Crippen LogP contribution in [0.25, 0.3) is 0 Å². The third-order valence-corrected chi connectivity index (χ3v) is 3.30. The van der Waals surface area contributed by atoms with Crippen LogP contribution in [-0.4, -0.2) is 26.9 Å². The molecule has 0 bridgehead atoms. The number of rotatable bonds is 5. The molecule has 0 aromatic heterocycles. The van der Waals surface area contributed by atoms with Crippen molar-refractivity contribution in [3.8, 4) is 11.8 Å². The van der Waals surface area contributed by atoms with Crippen molar-refractivity contribution in [3.63, 3.8) is 0 Å². The topological polar surface area (TPSA) is 54.3 Å². The first-order valence-corrected chi connectivity index (χ1v) is 6.09. The van der Waals surface area contributed by atoms with Crippen molar-refractivity contribution in [1.29, 1.82) is 5.26 Å². The predicted octanol–water partition coefficient (Wildman–Crippen LogP) is 1.98. The normalized spacial score (nSPS) is 16.7. The van der Waals surface area contributed by atoms with E-state index in [0.29, 0.717) is 37.1 Å². The monoisotopic (exact) mass is 266 g/mol. The molecule has 96 valence electrons. The molecule has 1 fully saturated rings. The lowest BCUT2D eigenvalue weighted by Crippen LogP contribution is -2.48. The molecule has 1 aromatic carbocycles. The Balaban J connectivity index is 1.87. The highest BCUT2D eigenvalue weighted by Crippen LogP contribution is 2.26. The number of methoxy groups -OCH3 is 1. The molecule has 1 N–H and O–H groups in total. The Kier molecular flexibility index (Phi) is 4.07. The maximum absolute atomic E-state index is 9.04. The minimum atomic E-state index is -0.351. The van der Waals surface area contributed by atoms with Gasteiger partial charge in [-0.15, -0.1) is 0 Å². The summed E-state index contributed by atoms with van der Waals surface area (Å²) in [5.74, 6) is 0.668. The minimum absolute atomic E-state index is 0.351. The number of halogens is 1. The highest BCUT2D eigenvalue weighted by molar-refractivity contribution is 6.32. The first-order chi connectivity index (χ1) is 8.69. The van der Waals surface area contributed by atoms with Gasteiger partial charge in [-0.25, -0.2) is 0 Å². The average Bonchev–Trinajstić information content (AvgIpc) is 2.33. The van der Waals surface area contributed by atoms with Gasteiger partial charge in [0.25, 0.3) is 0 Å².